The first-order chi connectivity index (χ1) is 14.6. The van der Waals surface area contributed by atoms with E-state index >= 15 is 0 Å². The number of benzene rings is 2. The van der Waals surface area contributed by atoms with Gasteiger partial charge in [-0.2, -0.15) is 0 Å². The topological polar surface area (TPSA) is 73.6 Å². The summed E-state index contributed by atoms with van der Waals surface area (Å²) in [4.78, 5) is 16.7. The van der Waals surface area contributed by atoms with E-state index in [9.17, 15) is 4.79 Å². The van der Waals surface area contributed by atoms with Crippen molar-refractivity contribution in [2.75, 3.05) is 18.5 Å². The first-order valence-corrected chi connectivity index (χ1v) is 10.3. The number of hydrogen-bond donors (Lipinski definition) is 1. The smallest absolute Gasteiger partial charge is 0.226 e. The SMILES string of the molecule is CC(C)c1cnc(-c2ccc(NC(=O)CCc3ccc4c(c3)OCCCO4)cc2)o1. The Kier molecular flexibility index (Phi) is 6.02. The van der Waals surface area contributed by atoms with E-state index < -0.39 is 0 Å². The summed E-state index contributed by atoms with van der Waals surface area (Å²) in [6, 6.07) is 13.4. The second-order valence-corrected chi connectivity index (χ2v) is 7.68. The lowest BCUT2D eigenvalue weighted by Gasteiger charge is -2.10. The van der Waals surface area contributed by atoms with Gasteiger partial charge in [-0.05, 0) is 48.4 Å². The van der Waals surface area contributed by atoms with Gasteiger partial charge < -0.3 is 19.2 Å². The minimum absolute atomic E-state index is 0.0342. The molecule has 0 saturated heterocycles. The molecule has 0 fully saturated rings. The van der Waals surface area contributed by atoms with Crippen molar-refractivity contribution in [3.05, 3.63) is 60.0 Å². The number of carbonyl (C=O) groups is 1. The Labute approximate surface area is 176 Å². The van der Waals surface area contributed by atoms with Crippen molar-refractivity contribution < 1.29 is 18.7 Å². The molecule has 1 amide bonds. The van der Waals surface area contributed by atoms with E-state index in [0.717, 1.165) is 40.5 Å². The number of oxazole rings is 1. The van der Waals surface area contributed by atoms with E-state index in [4.69, 9.17) is 13.9 Å². The van der Waals surface area contributed by atoms with Gasteiger partial charge in [-0.1, -0.05) is 19.9 Å². The van der Waals surface area contributed by atoms with Crippen LogP contribution >= 0.6 is 0 Å². The van der Waals surface area contributed by atoms with Crippen molar-refractivity contribution in [2.24, 2.45) is 0 Å². The highest BCUT2D eigenvalue weighted by atomic mass is 16.5. The molecule has 2 aromatic carbocycles. The summed E-state index contributed by atoms with van der Waals surface area (Å²) in [6.45, 7) is 5.45. The number of fused-ring (bicyclic) bond motifs is 1. The predicted octanol–water partition coefficient (Wildman–Crippen LogP) is 5.20. The second kappa shape index (κ2) is 9.03. The fourth-order valence-corrected chi connectivity index (χ4v) is 3.23. The van der Waals surface area contributed by atoms with Crippen LogP contribution in [0.15, 0.2) is 53.1 Å². The summed E-state index contributed by atoms with van der Waals surface area (Å²) in [7, 11) is 0. The van der Waals surface area contributed by atoms with E-state index in [1.807, 2.05) is 42.5 Å². The summed E-state index contributed by atoms with van der Waals surface area (Å²) >= 11 is 0. The normalized spacial score (nSPS) is 13.2. The van der Waals surface area contributed by atoms with Gasteiger partial charge in [0.1, 0.15) is 5.76 Å². The standard InChI is InChI=1S/C24H26N2O4/c1-16(2)22-15-25-24(30-22)18-6-8-19(9-7-18)26-23(27)11-5-17-4-10-20-21(14-17)29-13-3-12-28-20/h4,6-10,14-16H,3,5,11-13H2,1-2H3,(H,26,27). The number of aromatic nitrogens is 1. The Hall–Kier alpha value is -3.28. The predicted molar refractivity (Wildman–Crippen MR) is 115 cm³/mol. The average Bonchev–Trinajstić information content (AvgIpc) is 3.13. The van der Waals surface area contributed by atoms with Crippen molar-refractivity contribution in [3.63, 3.8) is 0 Å². The van der Waals surface area contributed by atoms with Gasteiger partial charge in [0.25, 0.3) is 0 Å². The number of rotatable bonds is 6. The van der Waals surface area contributed by atoms with Crippen molar-refractivity contribution >= 4 is 11.6 Å². The van der Waals surface area contributed by atoms with Crippen LogP contribution in [0.25, 0.3) is 11.5 Å². The summed E-state index contributed by atoms with van der Waals surface area (Å²) in [5.41, 5.74) is 2.68. The number of carbonyl (C=O) groups excluding carboxylic acids is 1. The minimum atomic E-state index is -0.0342. The van der Waals surface area contributed by atoms with Crippen LogP contribution in [0.3, 0.4) is 0 Å². The number of hydrogen-bond acceptors (Lipinski definition) is 5. The number of ether oxygens (including phenoxy) is 2. The fraction of sp³-hybridized carbons (Fsp3) is 0.333. The molecule has 0 radical (unpaired) electrons. The minimum Gasteiger partial charge on any atom is -0.490 e. The molecule has 1 N–H and O–H groups in total. The van der Waals surface area contributed by atoms with Crippen LogP contribution in [0.1, 0.15) is 43.9 Å². The molecular weight excluding hydrogens is 380 g/mol. The summed E-state index contributed by atoms with van der Waals surface area (Å²) < 4.78 is 17.1. The molecule has 30 heavy (non-hydrogen) atoms. The van der Waals surface area contributed by atoms with E-state index in [2.05, 4.69) is 24.1 Å². The maximum absolute atomic E-state index is 12.4. The van der Waals surface area contributed by atoms with E-state index in [1.165, 1.54) is 0 Å². The van der Waals surface area contributed by atoms with Gasteiger partial charge in [0.15, 0.2) is 11.5 Å². The van der Waals surface area contributed by atoms with Gasteiger partial charge in [-0.15, -0.1) is 0 Å². The summed E-state index contributed by atoms with van der Waals surface area (Å²) in [6.07, 6.45) is 3.66. The van der Waals surface area contributed by atoms with Gasteiger partial charge in [0, 0.05) is 30.0 Å². The molecule has 1 aromatic heterocycles. The number of anilines is 1. The van der Waals surface area contributed by atoms with E-state index in [0.29, 0.717) is 37.9 Å². The number of aryl methyl sites for hydroxylation is 1. The number of amides is 1. The van der Waals surface area contributed by atoms with Gasteiger partial charge in [0.2, 0.25) is 11.8 Å². The highest BCUT2D eigenvalue weighted by Crippen LogP contribution is 2.31. The lowest BCUT2D eigenvalue weighted by atomic mass is 10.1. The monoisotopic (exact) mass is 406 g/mol. The van der Waals surface area contributed by atoms with Crippen molar-refractivity contribution in [2.45, 2.75) is 39.0 Å². The molecule has 2 heterocycles. The van der Waals surface area contributed by atoms with Gasteiger partial charge in [0.05, 0.1) is 19.4 Å². The van der Waals surface area contributed by atoms with Gasteiger partial charge >= 0.3 is 0 Å². The molecule has 6 heteroatoms. The van der Waals surface area contributed by atoms with Crippen molar-refractivity contribution in [3.8, 4) is 23.0 Å². The van der Waals surface area contributed by atoms with E-state index in [1.54, 1.807) is 6.20 Å². The highest BCUT2D eigenvalue weighted by Gasteiger charge is 2.12. The van der Waals surface area contributed by atoms with Crippen LogP contribution in [-0.2, 0) is 11.2 Å². The largest absolute Gasteiger partial charge is 0.490 e. The van der Waals surface area contributed by atoms with Crippen LogP contribution < -0.4 is 14.8 Å². The molecule has 0 spiro atoms. The molecule has 0 aliphatic carbocycles. The molecule has 0 saturated carbocycles. The quantitative estimate of drug-likeness (QED) is 0.609. The zero-order valence-corrected chi connectivity index (χ0v) is 17.3. The zero-order chi connectivity index (χ0) is 20.9. The first-order valence-electron chi connectivity index (χ1n) is 10.3. The molecule has 1 aliphatic heterocycles. The highest BCUT2D eigenvalue weighted by molar-refractivity contribution is 5.91. The zero-order valence-electron chi connectivity index (χ0n) is 17.3. The van der Waals surface area contributed by atoms with Crippen LogP contribution in [0, 0.1) is 0 Å². The Morgan fingerprint density at radius 2 is 1.83 bits per heavy atom. The van der Waals surface area contributed by atoms with Crippen LogP contribution in [0.5, 0.6) is 11.5 Å². The van der Waals surface area contributed by atoms with Crippen LogP contribution in [0.4, 0.5) is 5.69 Å². The molecule has 156 valence electrons. The average molecular weight is 406 g/mol. The third-order valence-corrected chi connectivity index (χ3v) is 4.96. The first kappa shape index (κ1) is 20.0. The molecule has 4 rings (SSSR count). The summed E-state index contributed by atoms with van der Waals surface area (Å²) in [5.74, 6) is 3.24. The van der Waals surface area contributed by atoms with E-state index in [-0.39, 0.29) is 5.91 Å². The lowest BCUT2D eigenvalue weighted by Crippen LogP contribution is -2.12. The lowest BCUT2D eigenvalue weighted by molar-refractivity contribution is -0.116. The molecule has 0 atom stereocenters. The fourth-order valence-electron chi connectivity index (χ4n) is 3.23. The molecule has 6 nitrogen and oxygen atoms in total. The summed E-state index contributed by atoms with van der Waals surface area (Å²) in [5, 5.41) is 2.94. The van der Waals surface area contributed by atoms with Gasteiger partial charge in [-0.3, -0.25) is 4.79 Å². The Morgan fingerprint density at radius 3 is 2.57 bits per heavy atom. The third kappa shape index (κ3) is 4.82. The Bertz CT molecular complexity index is 1010. The van der Waals surface area contributed by atoms with Crippen molar-refractivity contribution in [1.82, 2.24) is 4.98 Å². The molecular formula is C24H26N2O4. The molecule has 0 unspecified atom stereocenters. The van der Waals surface area contributed by atoms with Gasteiger partial charge in [-0.25, -0.2) is 4.98 Å². The molecule has 3 aromatic rings. The molecule has 1 aliphatic rings. The molecule has 0 bridgehead atoms. The maximum Gasteiger partial charge on any atom is 0.226 e. The Morgan fingerprint density at radius 1 is 1.07 bits per heavy atom. The number of nitrogens with zero attached hydrogens (tertiary/aromatic N) is 1. The third-order valence-electron chi connectivity index (χ3n) is 4.96. The maximum atomic E-state index is 12.4. The van der Waals surface area contributed by atoms with Crippen molar-refractivity contribution in [1.29, 1.82) is 0 Å². The number of nitrogens with one attached hydrogen (secondary N) is 1. The second-order valence-electron chi connectivity index (χ2n) is 7.68. The Balaban J connectivity index is 1.32. The van der Waals surface area contributed by atoms with Crippen LogP contribution in [0.2, 0.25) is 0 Å². The van der Waals surface area contributed by atoms with Crippen LogP contribution in [-0.4, -0.2) is 24.1 Å².